The Morgan fingerprint density at radius 1 is 0.680 bits per heavy atom. The third-order valence-corrected chi connectivity index (χ3v) is 4.17. The first-order chi connectivity index (χ1) is 12.2. The second-order valence-corrected chi connectivity index (χ2v) is 5.66. The highest BCUT2D eigenvalue weighted by Gasteiger charge is 2.12. The van der Waals surface area contributed by atoms with Crippen molar-refractivity contribution in [1.29, 1.82) is 0 Å². The first kappa shape index (κ1) is 16.9. The molecule has 0 aliphatic heterocycles. The summed E-state index contributed by atoms with van der Waals surface area (Å²) in [7, 11) is 6.56. The van der Waals surface area contributed by atoms with Crippen LogP contribution in [-0.2, 0) is 6.42 Å². The maximum atomic E-state index is 5.39. The Morgan fingerprint density at radius 2 is 1.28 bits per heavy atom. The average molecular weight is 340 g/mol. The van der Waals surface area contributed by atoms with Gasteiger partial charge in [0.05, 0.1) is 34.9 Å². The predicted molar refractivity (Wildman–Crippen MR) is 96.0 cm³/mol. The van der Waals surface area contributed by atoms with Crippen molar-refractivity contribution < 1.29 is 23.9 Å². The third-order valence-electron chi connectivity index (χ3n) is 4.17. The van der Waals surface area contributed by atoms with Gasteiger partial charge in [0, 0.05) is 11.5 Å². The van der Waals surface area contributed by atoms with Gasteiger partial charge in [-0.2, -0.15) is 0 Å². The van der Waals surface area contributed by atoms with Gasteiger partial charge in [-0.05, 0) is 35.2 Å². The lowest BCUT2D eigenvalue weighted by Crippen LogP contribution is -2.10. The van der Waals surface area contributed by atoms with Crippen molar-refractivity contribution in [2.45, 2.75) is 6.42 Å². The zero-order valence-electron chi connectivity index (χ0n) is 14.9. The molecule has 0 bridgehead atoms. The molecule has 5 nitrogen and oxygen atoms in total. The van der Waals surface area contributed by atoms with Crippen molar-refractivity contribution in [3.05, 3.63) is 53.9 Å². The molecule has 0 saturated carbocycles. The molecule has 1 aromatic heterocycles. The standard InChI is InChI=1S/C20H21NO4/c1-22-17-6-5-13(8-18(17)23-2)7-16-9-14-10-19(24-3)20(25-4)11-15(14)12-21-16/h5-6,8-12H,7H2,1-4H3/p+1. The molecule has 25 heavy (non-hydrogen) atoms. The summed E-state index contributed by atoms with van der Waals surface area (Å²) in [6, 6.07) is 12.0. The minimum Gasteiger partial charge on any atom is -0.493 e. The lowest BCUT2D eigenvalue weighted by Gasteiger charge is -2.09. The number of hydrogen-bond donors (Lipinski definition) is 0. The molecule has 0 saturated heterocycles. The topological polar surface area (TPSA) is 51.1 Å². The van der Waals surface area contributed by atoms with E-state index in [-0.39, 0.29) is 0 Å². The summed E-state index contributed by atoms with van der Waals surface area (Å²) in [6.07, 6.45) is 2.73. The number of methoxy groups -OCH3 is 4. The van der Waals surface area contributed by atoms with E-state index in [4.69, 9.17) is 18.9 Å². The number of ether oxygens (including phenoxy) is 4. The minimum absolute atomic E-state index is 0.719. The average Bonchev–Trinajstić information content (AvgIpc) is 2.66. The molecular formula is C20H22NO4+. The smallest absolute Gasteiger partial charge is 0.184 e. The van der Waals surface area contributed by atoms with E-state index < -0.39 is 0 Å². The molecule has 2 aromatic carbocycles. The molecule has 0 spiro atoms. The van der Waals surface area contributed by atoms with Gasteiger partial charge >= 0.3 is 0 Å². The van der Waals surface area contributed by atoms with Crippen LogP contribution in [0.25, 0.3) is 10.8 Å². The van der Waals surface area contributed by atoms with Crippen LogP contribution in [0.4, 0.5) is 0 Å². The number of nitrogens with one attached hydrogen (secondary N) is 1. The fraction of sp³-hybridized carbons (Fsp3) is 0.250. The number of hydrogen-bond acceptors (Lipinski definition) is 4. The first-order valence-electron chi connectivity index (χ1n) is 7.95. The Bertz CT molecular complexity index is 892. The van der Waals surface area contributed by atoms with Crippen molar-refractivity contribution in [2.24, 2.45) is 0 Å². The Morgan fingerprint density at radius 3 is 1.92 bits per heavy atom. The molecule has 0 aliphatic carbocycles. The molecule has 1 heterocycles. The van der Waals surface area contributed by atoms with Gasteiger partial charge in [-0.1, -0.05) is 6.07 Å². The van der Waals surface area contributed by atoms with E-state index in [1.54, 1.807) is 28.4 Å². The predicted octanol–water partition coefficient (Wildman–Crippen LogP) is 3.28. The summed E-state index contributed by atoms with van der Waals surface area (Å²) >= 11 is 0. The number of benzene rings is 2. The van der Waals surface area contributed by atoms with Crippen LogP contribution in [0.3, 0.4) is 0 Å². The van der Waals surface area contributed by atoms with Gasteiger partial charge in [-0.25, -0.2) is 4.98 Å². The number of rotatable bonds is 6. The number of H-pyrrole nitrogens is 1. The van der Waals surface area contributed by atoms with Crippen LogP contribution in [0.1, 0.15) is 11.3 Å². The molecule has 5 heteroatoms. The van der Waals surface area contributed by atoms with Gasteiger partial charge in [-0.3, -0.25) is 0 Å². The third kappa shape index (κ3) is 3.45. The monoisotopic (exact) mass is 340 g/mol. The molecule has 3 rings (SSSR count). The lowest BCUT2D eigenvalue weighted by molar-refractivity contribution is -0.387. The summed E-state index contributed by atoms with van der Waals surface area (Å²) in [5.74, 6) is 2.90. The van der Waals surface area contributed by atoms with Crippen molar-refractivity contribution in [1.82, 2.24) is 0 Å². The second kappa shape index (κ2) is 7.30. The van der Waals surface area contributed by atoms with Gasteiger partial charge in [0.15, 0.2) is 34.9 Å². The summed E-state index contributed by atoms with van der Waals surface area (Å²) in [5.41, 5.74) is 2.22. The van der Waals surface area contributed by atoms with Gasteiger partial charge in [-0.15, -0.1) is 0 Å². The van der Waals surface area contributed by atoms with E-state index in [2.05, 4.69) is 11.1 Å². The van der Waals surface area contributed by atoms with E-state index in [0.29, 0.717) is 0 Å². The molecular weight excluding hydrogens is 318 g/mol. The van der Waals surface area contributed by atoms with Crippen LogP contribution in [0, 0.1) is 0 Å². The normalized spacial score (nSPS) is 10.6. The van der Waals surface area contributed by atoms with Gasteiger partial charge in [0.25, 0.3) is 0 Å². The Kier molecular flexibility index (Phi) is 4.93. The van der Waals surface area contributed by atoms with Crippen LogP contribution >= 0.6 is 0 Å². The van der Waals surface area contributed by atoms with Crippen molar-refractivity contribution in [3.8, 4) is 23.0 Å². The van der Waals surface area contributed by atoms with Crippen LogP contribution in [0.15, 0.2) is 42.6 Å². The van der Waals surface area contributed by atoms with Gasteiger partial charge < -0.3 is 18.9 Å². The SMILES string of the molecule is COc1ccc(Cc2cc3cc(OC)c(OC)cc3c[nH+]2)cc1OC. The molecule has 0 aliphatic rings. The quantitative estimate of drug-likeness (QED) is 0.691. The van der Waals surface area contributed by atoms with E-state index >= 15 is 0 Å². The van der Waals surface area contributed by atoms with E-state index in [0.717, 1.165) is 51.4 Å². The van der Waals surface area contributed by atoms with Crippen molar-refractivity contribution >= 4 is 10.8 Å². The van der Waals surface area contributed by atoms with Crippen LogP contribution < -0.4 is 23.9 Å². The maximum absolute atomic E-state index is 5.39. The molecule has 0 fully saturated rings. The highest BCUT2D eigenvalue weighted by atomic mass is 16.5. The number of fused-ring (bicyclic) bond motifs is 1. The number of aromatic amines is 1. The van der Waals surface area contributed by atoms with E-state index in [9.17, 15) is 0 Å². The van der Waals surface area contributed by atoms with Crippen LogP contribution in [-0.4, -0.2) is 28.4 Å². The van der Waals surface area contributed by atoms with Crippen LogP contribution in [0.2, 0.25) is 0 Å². The van der Waals surface area contributed by atoms with E-state index in [1.807, 2.05) is 36.5 Å². The fourth-order valence-corrected chi connectivity index (χ4v) is 2.87. The van der Waals surface area contributed by atoms with Gasteiger partial charge in [0.1, 0.15) is 0 Å². The molecule has 0 atom stereocenters. The molecule has 0 amide bonds. The molecule has 0 radical (unpaired) electrons. The Balaban J connectivity index is 1.94. The van der Waals surface area contributed by atoms with Crippen LogP contribution in [0.5, 0.6) is 23.0 Å². The Labute approximate surface area is 147 Å². The summed E-state index contributed by atoms with van der Waals surface area (Å²) in [5, 5.41) is 2.15. The fourth-order valence-electron chi connectivity index (χ4n) is 2.87. The van der Waals surface area contributed by atoms with E-state index in [1.165, 1.54) is 0 Å². The summed E-state index contributed by atoms with van der Waals surface area (Å²) in [6.45, 7) is 0. The molecule has 3 aromatic rings. The number of aromatic nitrogens is 1. The zero-order chi connectivity index (χ0) is 17.8. The minimum atomic E-state index is 0.719. The van der Waals surface area contributed by atoms with Gasteiger partial charge in [0.2, 0.25) is 0 Å². The molecule has 130 valence electrons. The summed E-state index contributed by atoms with van der Waals surface area (Å²) in [4.78, 5) is 3.35. The maximum Gasteiger partial charge on any atom is 0.184 e. The van der Waals surface area contributed by atoms with Crippen molar-refractivity contribution in [2.75, 3.05) is 28.4 Å². The summed E-state index contributed by atoms with van der Waals surface area (Å²) < 4.78 is 21.4. The molecule has 1 N–H and O–H groups in total. The number of pyridine rings is 1. The second-order valence-electron chi connectivity index (χ2n) is 5.66. The first-order valence-corrected chi connectivity index (χ1v) is 7.95. The van der Waals surface area contributed by atoms with Crippen molar-refractivity contribution in [3.63, 3.8) is 0 Å². The zero-order valence-corrected chi connectivity index (χ0v) is 14.9. The molecule has 0 unspecified atom stereocenters. The highest BCUT2D eigenvalue weighted by molar-refractivity contribution is 5.85. The Hall–Kier alpha value is -2.95. The largest absolute Gasteiger partial charge is 0.493 e. The lowest BCUT2D eigenvalue weighted by atomic mass is 10.1. The highest BCUT2D eigenvalue weighted by Crippen LogP contribution is 2.32.